The van der Waals surface area contributed by atoms with Gasteiger partial charge in [0.25, 0.3) is 0 Å². The molecule has 0 amide bonds. The van der Waals surface area contributed by atoms with Crippen LogP contribution < -0.4 is 10.6 Å². The number of morpholine rings is 1. The lowest BCUT2D eigenvalue weighted by Crippen LogP contribution is -2.48. The monoisotopic (exact) mass is 262 g/mol. The molecule has 5 nitrogen and oxygen atoms in total. The zero-order valence-electron chi connectivity index (χ0n) is 11.4. The molecule has 0 radical (unpaired) electrons. The fourth-order valence-electron chi connectivity index (χ4n) is 2.91. The van der Waals surface area contributed by atoms with Gasteiger partial charge in [-0.1, -0.05) is 0 Å². The molecule has 2 aliphatic heterocycles. The van der Waals surface area contributed by atoms with Crippen molar-refractivity contribution in [2.24, 2.45) is 0 Å². The quantitative estimate of drug-likeness (QED) is 0.859. The average Bonchev–Trinajstić information content (AvgIpc) is 2.93. The van der Waals surface area contributed by atoms with Gasteiger partial charge in [0.15, 0.2) is 0 Å². The summed E-state index contributed by atoms with van der Waals surface area (Å²) in [6, 6.07) is 2.74. The maximum atomic E-state index is 5.93. The molecule has 104 valence electrons. The summed E-state index contributed by atoms with van der Waals surface area (Å²) in [7, 11) is 1.90. The van der Waals surface area contributed by atoms with E-state index < -0.39 is 0 Å². The van der Waals surface area contributed by atoms with Crippen molar-refractivity contribution in [3.63, 3.8) is 0 Å². The zero-order chi connectivity index (χ0) is 13.1. The fourth-order valence-corrected chi connectivity index (χ4v) is 2.91. The first-order chi connectivity index (χ1) is 9.35. The number of nitrogens with zero attached hydrogens (tertiary/aromatic N) is 2. The molecule has 0 spiro atoms. The maximum Gasteiger partial charge on any atom is 0.0874 e. The van der Waals surface area contributed by atoms with Crippen LogP contribution >= 0.6 is 0 Å². The molecule has 0 aliphatic carbocycles. The molecule has 1 aromatic rings. The number of hydrogen-bond acceptors (Lipinski definition) is 5. The van der Waals surface area contributed by atoms with Crippen molar-refractivity contribution in [2.75, 3.05) is 43.9 Å². The number of rotatable bonds is 4. The van der Waals surface area contributed by atoms with Gasteiger partial charge in [-0.05, 0) is 25.5 Å². The summed E-state index contributed by atoms with van der Waals surface area (Å²) in [4.78, 5) is 6.76. The number of ether oxygens (including phenoxy) is 1. The predicted octanol–water partition coefficient (Wildman–Crippen LogP) is 1.40. The highest BCUT2D eigenvalue weighted by Gasteiger charge is 2.31. The Morgan fingerprint density at radius 3 is 3.21 bits per heavy atom. The fraction of sp³-hybridized carbons (Fsp3) is 0.643. The first kappa shape index (κ1) is 12.7. The van der Waals surface area contributed by atoms with Crippen LogP contribution in [0.1, 0.15) is 12.8 Å². The van der Waals surface area contributed by atoms with Crippen molar-refractivity contribution in [1.29, 1.82) is 0 Å². The van der Waals surface area contributed by atoms with Gasteiger partial charge < -0.3 is 15.4 Å². The molecule has 0 bridgehead atoms. The number of nitrogens with one attached hydrogen (secondary N) is 2. The summed E-state index contributed by atoms with van der Waals surface area (Å²) in [5.74, 6) is 0. The number of anilines is 2. The molecule has 2 unspecified atom stereocenters. The van der Waals surface area contributed by atoms with E-state index in [1.807, 2.05) is 19.4 Å². The van der Waals surface area contributed by atoms with Gasteiger partial charge in [-0.2, -0.15) is 0 Å². The molecule has 0 aromatic carbocycles. The molecule has 5 heteroatoms. The zero-order valence-corrected chi connectivity index (χ0v) is 11.4. The Kier molecular flexibility index (Phi) is 3.84. The van der Waals surface area contributed by atoms with E-state index in [2.05, 4.69) is 26.6 Å². The summed E-state index contributed by atoms with van der Waals surface area (Å²) in [5, 5.41) is 6.51. The van der Waals surface area contributed by atoms with Gasteiger partial charge >= 0.3 is 0 Å². The van der Waals surface area contributed by atoms with Crippen LogP contribution in [0.15, 0.2) is 18.5 Å². The lowest BCUT2D eigenvalue weighted by Gasteiger charge is -2.35. The second-order valence-corrected chi connectivity index (χ2v) is 5.34. The molecule has 0 saturated carbocycles. The van der Waals surface area contributed by atoms with Crippen LogP contribution in [-0.4, -0.2) is 55.3 Å². The summed E-state index contributed by atoms with van der Waals surface area (Å²) in [6.07, 6.45) is 6.57. The molecule has 3 heterocycles. The van der Waals surface area contributed by atoms with Gasteiger partial charge in [-0.3, -0.25) is 9.88 Å². The highest BCUT2D eigenvalue weighted by molar-refractivity contribution is 5.53. The van der Waals surface area contributed by atoms with Crippen LogP contribution in [0.5, 0.6) is 0 Å². The van der Waals surface area contributed by atoms with Crippen LogP contribution in [0.4, 0.5) is 11.4 Å². The third-order valence-electron chi connectivity index (χ3n) is 4.02. The minimum atomic E-state index is 0.285. The van der Waals surface area contributed by atoms with E-state index in [0.29, 0.717) is 6.04 Å². The summed E-state index contributed by atoms with van der Waals surface area (Å²) < 4.78 is 5.93. The van der Waals surface area contributed by atoms with E-state index in [0.717, 1.165) is 31.1 Å². The van der Waals surface area contributed by atoms with Gasteiger partial charge in [0.1, 0.15) is 0 Å². The third kappa shape index (κ3) is 2.98. The predicted molar refractivity (Wildman–Crippen MR) is 76.6 cm³/mol. The van der Waals surface area contributed by atoms with Crippen LogP contribution in [-0.2, 0) is 4.74 Å². The van der Waals surface area contributed by atoms with Gasteiger partial charge in [0.05, 0.1) is 36.5 Å². The minimum Gasteiger partial charge on any atom is -0.387 e. The van der Waals surface area contributed by atoms with Crippen LogP contribution in [0.2, 0.25) is 0 Å². The number of aromatic nitrogens is 1. The SMILES string of the molecule is CNc1cncc(NCC2CN3CCCC3CO2)c1. The van der Waals surface area contributed by atoms with Crippen molar-refractivity contribution in [3.8, 4) is 0 Å². The second kappa shape index (κ2) is 5.75. The maximum absolute atomic E-state index is 5.93. The molecule has 1 aromatic heterocycles. The van der Waals surface area contributed by atoms with E-state index >= 15 is 0 Å². The number of fused-ring (bicyclic) bond motifs is 1. The Morgan fingerprint density at radius 2 is 2.32 bits per heavy atom. The van der Waals surface area contributed by atoms with Crippen molar-refractivity contribution < 1.29 is 4.74 Å². The number of pyridine rings is 1. The Hall–Kier alpha value is -1.33. The standard InChI is InChI=1S/C14H22N4O/c1-15-11-5-12(7-16-6-11)17-8-14-9-18-4-2-3-13(18)10-19-14/h5-7,13-15,17H,2-4,8-10H2,1H3. The molecular weight excluding hydrogens is 240 g/mol. The lowest BCUT2D eigenvalue weighted by atomic mass is 10.2. The molecule has 2 aliphatic rings. The molecule has 2 fully saturated rings. The second-order valence-electron chi connectivity index (χ2n) is 5.34. The van der Waals surface area contributed by atoms with Crippen molar-refractivity contribution in [1.82, 2.24) is 9.88 Å². The average molecular weight is 262 g/mol. The first-order valence-electron chi connectivity index (χ1n) is 7.07. The van der Waals surface area contributed by atoms with Gasteiger partial charge in [0.2, 0.25) is 0 Å². The molecule has 2 N–H and O–H groups in total. The molecule has 19 heavy (non-hydrogen) atoms. The summed E-state index contributed by atoms with van der Waals surface area (Å²) >= 11 is 0. The Labute approximate surface area is 114 Å². The van der Waals surface area contributed by atoms with Crippen LogP contribution in [0.25, 0.3) is 0 Å². The van der Waals surface area contributed by atoms with Crippen LogP contribution in [0, 0.1) is 0 Å². The number of hydrogen-bond donors (Lipinski definition) is 2. The van der Waals surface area contributed by atoms with Gasteiger partial charge in [-0.25, -0.2) is 0 Å². The molecule has 2 atom stereocenters. The Bertz CT molecular complexity index is 426. The molecular formula is C14H22N4O. The van der Waals surface area contributed by atoms with Crippen LogP contribution in [0.3, 0.4) is 0 Å². The third-order valence-corrected chi connectivity index (χ3v) is 4.02. The van der Waals surface area contributed by atoms with Crippen molar-refractivity contribution in [3.05, 3.63) is 18.5 Å². The normalized spacial score (nSPS) is 27.0. The largest absolute Gasteiger partial charge is 0.387 e. The van der Waals surface area contributed by atoms with Crippen molar-refractivity contribution in [2.45, 2.75) is 25.0 Å². The topological polar surface area (TPSA) is 49.4 Å². The van der Waals surface area contributed by atoms with Gasteiger partial charge in [-0.15, -0.1) is 0 Å². The van der Waals surface area contributed by atoms with E-state index in [4.69, 9.17) is 4.74 Å². The Balaban J connectivity index is 1.51. The Morgan fingerprint density at radius 1 is 1.42 bits per heavy atom. The molecule has 3 rings (SSSR count). The van der Waals surface area contributed by atoms with E-state index in [9.17, 15) is 0 Å². The highest BCUT2D eigenvalue weighted by atomic mass is 16.5. The summed E-state index contributed by atoms with van der Waals surface area (Å²) in [6.45, 7) is 4.03. The van der Waals surface area contributed by atoms with E-state index in [1.54, 1.807) is 0 Å². The van der Waals surface area contributed by atoms with Crippen molar-refractivity contribution >= 4 is 11.4 Å². The van der Waals surface area contributed by atoms with E-state index in [1.165, 1.54) is 19.4 Å². The molecule has 2 saturated heterocycles. The summed E-state index contributed by atoms with van der Waals surface area (Å²) in [5.41, 5.74) is 2.06. The first-order valence-corrected chi connectivity index (χ1v) is 7.07. The smallest absolute Gasteiger partial charge is 0.0874 e. The highest BCUT2D eigenvalue weighted by Crippen LogP contribution is 2.22. The van der Waals surface area contributed by atoms with E-state index in [-0.39, 0.29) is 6.10 Å². The van der Waals surface area contributed by atoms with Gasteiger partial charge in [0, 0.05) is 26.2 Å². The lowest BCUT2D eigenvalue weighted by molar-refractivity contribution is -0.0415. The minimum absolute atomic E-state index is 0.285.